The summed E-state index contributed by atoms with van der Waals surface area (Å²) in [6, 6.07) is 28.3. The van der Waals surface area contributed by atoms with E-state index in [2.05, 4.69) is 25.9 Å². The lowest BCUT2D eigenvalue weighted by molar-refractivity contribution is 0.102. The van der Waals surface area contributed by atoms with Gasteiger partial charge in [-0.15, -0.1) is 0 Å². The average molecular weight is 587 g/mol. The van der Waals surface area contributed by atoms with Crippen molar-refractivity contribution in [3.63, 3.8) is 0 Å². The SMILES string of the molecule is COc1ccc(NS(=O)(=O)c2ccc(NC(=O)c3ccc(CN4CCN(c5ccccc5OC)CC4)cc3)cc2)cc1. The first-order chi connectivity index (χ1) is 20.3. The Morgan fingerprint density at radius 3 is 2.05 bits per heavy atom. The highest BCUT2D eigenvalue weighted by molar-refractivity contribution is 7.92. The highest BCUT2D eigenvalue weighted by Crippen LogP contribution is 2.28. The minimum Gasteiger partial charge on any atom is -0.497 e. The van der Waals surface area contributed by atoms with Gasteiger partial charge in [-0.05, 0) is 78.4 Å². The molecule has 1 saturated heterocycles. The van der Waals surface area contributed by atoms with Gasteiger partial charge in [0.05, 0.1) is 24.8 Å². The summed E-state index contributed by atoms with van der Waals surface area (Å²) < 4.78 is 38.7. The van der Waals surface area contributed by atoms with Crippen LogP contribution in [0.15, 0.2) is 102 Å². The summed E-state index contributed by atoms with van der Waals surface area (Å²) in [6.07, 6.45) is 0. The van der Waals surface area contributed by atoms with Crippen LogP contribution in [-0.4, -0.2) is 59.6 Å². The first kappa shape index (κ1) is 29.0. The molecule has 4 aromatic rings. The predicted molar refractivity (Wildman–Crippen MR) is 165 cm³/mol. The van der Waals surface area contributed by atoms with Gasteiger partial charge in [0.25, 0.3) is 15.9 Å². The molecule has 1 fully saturated rings. The molecule has 4 aromatic carbocycles. The number of carbonyl (C=O) groups excluding carboxylic acids is 1. The van der Waals surface area contributed by atoms with E-state index in [1.54, 1.807) is 50.6 Å². The Morgan fingerprint density at radius 1 is 0.762 bits per heavy atom. The van der Waals surface area contributed by atoms with Crippen LogP contribution in [0.25, 0.3) is 0 Å². The van der Waals surface area contributed by atoms with Crippen molar-refractivity contribution < 1.29 is 22.7 Å². The van der Waals surface area contributed by atoms with E-state index in [4.69, 9.17) is 9.47 Å². The van der Waals surface area contributed by atoms with Crippen LogP contribution < -0.4 is 24.4 Å². The Labute approximate surface area is 246 Å². The molecule has 1 heterocycles. The molecule has 0 unspecified atom stereocenters. The molecule has 0 aliphatic carbocycles. The Balaban J connectivity index is 1.12. The van der Waals surface area contributed by atoms with Gasteiger partial charge in [-0.2, -0.15) is 0 Å². The van der Waals surface area contributed by atoms with Gasteiger partial charge in [0.2, 0.25) is 0 Å². The number of methoxy groups -OCH3 is 2. The Bertz CT molecular complexity index is 1600. The minimum absolute atomic E-state index is 0.0874. The summed E-state index contributed by atoms with van der Waals surface area (Å²) in [4.78, 5) is 17.7. The molecule has 0 saturated carbocycles. The summed E-state index contributed by atoms with van der Waals surface area (Å²) >= 11 is 0. The fourth-order valence-electron chi connectivity index (χ4n) is 4.85. The monoisotopic (exact) mass is 586 g/mol. The van der Waals surface area contributed by atoms with Crippen LogP contribution in [0.4, 0.5) is 17.1 Å². The van der Waals surface area contributed by atoms with Gasteiger partial charge in [-0.25, -0.2) is 8.42 Å². The van der Waals surface area contributed by atoms with E-state index in [9.17, 15) is 13.2 Å². The van der Waals surface area contributed by atoms with Crippen molar-refractivity contribution in [3.8, 4) is 11.5 Å². The zero-order chi connectivity index (χ0) is 29.5. The van der Waals surface area contributed by atoms with Gasteiger partial charge in [-0.1, -0.05) is 24.3 Å². The number of ether oxygens (including phenoxy) is 2. The number of nitrogens with zero attached hydrogens (tertiary/aromatic N) is 2. The van der Waals surface area contributed by atoms with E-state index in [1.807, 2.05) is 42.5 Å². The smallest absolute Gasteiger partial charge is 0.261 e. The fourth-order valence-corrected chi connectivity index (χ4v) is 5.91. The highest BCUT2D eigenvalue weighted by atomic mass is 32.2. The van der Waals surface area contributed by atoms with E-state index >= 15 is 0 Å². The number of anilines is 3. The third-order valence-electron chi connectivity index (χ3n) is 7.19. The lowest BCUT2D eigenvalue weighted by Crippen LogP contribution is -2.46. The van der Waals surface area contributed by atoms with E-state index in [0.29, 0.717) is 22.7 Å². The van der Waals surface area contributed by atoms with Crippen molar-refractivity contribution >= 4 is 33.0 Å². The van der Waals surface area contributed by atoms with Crippen LogP contribution in [0.5, 0.6) is 11.5 Å². The third-order valence-corrected chi connectivity index (χ3v) is 8.58. The topological polar surface area (TPSA) is 100 Å². The largest absolute Gasteiger partial charge is 0.497 e. The first-order valence-corrected chi connectivity index (χ1v) is 15.1. The van der Waals surface area contributed by atoms with Crippen LogP contribution >= 0.6 is 0 Å². The second kappa shape index (κ2) is 13.0. The molecule has 0 radical (unpaired) electrons. The zero-order valence-corrected chi connectivity index (χ0v) is 24.4. The molecule has 5 rings (SSSR count). The zero-order valence-electron chi connectivity index (χ0n) is 23.6. The highest BCUT2D eigenvalue weighted by Gasteiger charge is 2.20. The summed E-state index contributed by atoms with van der Waals surface area (Å²) in [6.45, 7) is 4.50. The lowest BCUT2D eigenvalue weighted by atomic mass is 10.1. The summed E-state index contributed by atoms with van der Waals surface area (Å²) in [5.74, 6) is 1.26. The van der Waals surface area contributed by atoms with Crippen LogP contribution in [0.2, 0.25) is 0 Å². The lowest BCUT2D eigenvalue weighted by Gasteiger charge is -2.36. The first-order valence-electron chi connectivity index (χ1n) is 13.6. The van der Waals surface area contributed by atoms with Gasteiger partial charge < -0.3 is 19.7 Å². The van der Waals surface area contributed by atoms with Crippen molar-refractivity contribution in [2.45, 2.75) is 11.4 Å². The summed E-state index contributed by atoms with van der Waals surface area (Å²) in [5, 5.41) is 2.84. The molecule has 218 valence electrons. The van der Waals surface area contributed by atoms with Crippen LogP contribution in [0, 0.1) is 0 Å². The van der Waals surface area contributed by atoms with Crippen molar-refractivity contribution in [3.05, 3.63) is 108 Å². The van der Waals surface area contributed by atoms with Crippen molar-refractivity contribution in [2.24, 2.45) is 0 Å². The second-order valence-electron chi connectivity index (χ2n) is 9.94. The van der Waals surface area contributed by atoms with Crippen molar-refractivity contribution in [1.82, 2.24) is 4.90 Å². The maximum Gasteiger partial charge on any atom is 0.261 e. The van der Waals surface area contributed by atoms with Gasteiger partial charge in [0, 0.05) is 49.7 Å². The molecule has 1 aliphatic rings. The maximum absolute atomic E-state index is 12.8. The minimum atomic E-state index is -3.78. The molecule has 42 heavy (non-hydrogen) atoms. The summed E-state index contributed by atoms with van der Waals surface area (Å²) in [5.41, 5.74) is 3.71. The number of hydrogen-bond acceptors (Lipinski definition) is 7. The fraction of sp³-hybridized carbons (Fsp3) is 0.219. The predicted octanol–water partition coefficient (Wildman–Crippen LogP) is 5.08. The number of nitrogens with one attached hydrogen (secondary N) is 2. The van der Waals surface area contributed by atoms with E-state index in [1.165, 1.54) is 12.1 Å². The second-order valence-corrected chi connectivity index (χ2v) is 11.6. The Morgan fingerprint density at radius 2 is 1.40 bits per heavy atom. The number of piperazine rings is 1. The van der Waals surface area contributed by atoms with E-state index in [-0.39, 0.29) is 10.8 Å². The normalized spacial score (nSPS) is 13.8. The molecule has 1 aliphatic heterocycles. The molecule has 2 N–H and O–H groups in total. The average Bonchev–Trinajstić information content (AvgIpc) is 3.02. The number of para-hydroxylation sites is 2. The molecule has 9 nitrogen and oxygen atoms in total. The van der Waals surface area contributed by atoms with Crippen LogP contribution in [0.3, 0.4) is 0 Å². The van der Waals surface area contributed by atoms with Crippen molar-refractivity contribution in [1.29, 1.82) is 0 Å². The number of sulfonamides is 1. The Kier molecular flexibility index (Phi) is 8.94. The molecular weight excluding hydrogens is 552 g/mol. The van der Waals surface area contributed by atoms with E-state index in [0.717, 1.165) is 49.7 Å². The molecule has 0 aromatic heterocycles. The van der Waals surface area contributed by atoms with Gasteiger partial charge in [0.15, 0.2) is 0 Å². The molecular formula is C32H34N4O5S. The molecule has 0 spiro atoms. The summed E-state index contributed by atoms with van der Waals surface area (Å²) in [7, 11) is -0.539. The molecule has 0 atom stereocenters. The number of amides is 1. The van der Waals surface area contributed by atoms with Gasteiger partial charge >= 0.3 is 0 Å². The van der Waals surface area contributed by atoms with Crippen LogP contribution in [-0.2, 0) is 16.6 Å². The third kappa shape index (κ3) is 7.02. The number of carbonyl (C=O) groups is 1. The Hall–Kier alpha value is -4.54. The van der Waals surface area contributed by atoms with Gasteiger partial charge in [-0.3, -0.25) is 14.4 Å². The standard InChI is InChI=1S/C32H34N4O5S/c1-40-28-15-11-27(12-16-28)34-42(38,39)29-17-13-26(14-18-29)33-32(37)25-9-7-24(8-10-25)23-35-19-21-36(22-20-35)30-5-3-4-6-31(30)41-2/h3-18,34H,19-23H2,1-2H3,(H,33,37). The molecule has 1 amide bonds. The quantitative estimate of drug-likeness (QED) is 0.267. The molecule has 10 heteroatoms. The molecule has 0 bridgehead atoms. The van der Waals surface area contributed by atoms with Crippen molar-refractivity contribution in [2.75, 3.05) is 55.3 Å². The van der Waals surface area contributed by atoms with Gasteiger partial charge in [0.1, 0.15) is 11.5 Å². The number of benzene rings is 4. The maximum atomic E-state index is 12.8. The number of rotatable bonds is 10. The van der Waals surface area contributed by atoms with Crippen LogP contribution in [0.1, 0.15) is 15.9 Å². The number of hydrogen-bond donors (Lipinski definition) is 2. The van der Waals surface area contributed by atoms with E-state index < -0.39 is 10.0 Å².